The van der Waals surface area contributed by atoms with Crippen LogP contribution in [0.2, 0.25) is 0 Å². The molecule has 25 heavy (non-hydrogen) atoms. The summed E-state index contributed by atoms with van der Waals surface area (Å²) in [7, 11) is 0. The van der Waals surface area contributed by atoms with Gasteiger partial charge in [0.1, 0.15) is 0 Å². The van der Waals surface area contributed by atoms with Crippen LogP contribution in [-0.2, 0) is 10.2 Å². The maximum Gasteiger partial charge on any atom is 0.394 e. The van der Waals surface area contributed by atoms with Crippen molar-refractivity contribution in [2.75, 3.05) is 19.6 Å². The quantitative estimate of drug-likeness (QED) is 0.871. The number of amides is 2. The summed E-state index contributed by atoms with van der Waals surface area (Å²) in [5, 5.41) is 11.7. The van der Waals surface area contributed by atoms with Gasteiger partial charge in [-0.3, -0.25) is 4.79 Å². The zero-order valence-corrected chi connectivity index (χ0v) is 13.4. The molecule has 8 heteroatoms. The van der Waals surface area contributed by atoms with Crippen LogP contribution in [0.15, 0.2) is 30.3 Å². The van der Waals surface area contributed by atoms with Crippen LogP contribution in [0.1, 0.15) is 18.4 Å². The van der Waals surface area contributed by atoms with Gasteiger partial charge in [-0.05, 0) is 18.4 Å². The minimum atomic E-state index is -4.64. The number of hydrogen-bond acceptors (Lipinski definition) is 2. The summed E-state index contributed by atoms with van der Waals surface area (Å²) in [4.78, 5) is 24.3. The average molecular weight is 356 g/mol. The first-order valence-corrected chi connectivity index (χ1v) is 8.11. The number of nitrogens with one attached hydrogen (secondary N) is 1. The number of carbonyl (C=O) groups excluding carboxylic acids is 1. The monoisotopic (exact) mass is 356 g/mol. The highest BCUT2D eigenvalue weighted by atomic mass is 19.4. The highest BCUT2D eigenvalue weighted by Crippen LogP contribution is 2.47. The van der Waals surface area contributed by atoms with Crippen LogP contribution in [-0.4, -0.2) is 47.8 Å². The van der Waals surface area contributed by atoms with Gasteiger partial charge in [-0.2, -0.15) is 13.2 Å². The van der Waals surface area contributed by atoms with Gasteiger partial charge in [-0.1, -0.05) is 30.3 Å². The molecule has 2 N–H and O–H groups in total. The van der Waals surface area contributed by atoms with Gasteiger partial charge in [-0.15, -0.1) is 0 Å². The molecule has 2 fully saturated rings. The van der Waals surface area contributed by atoms with E-state index in [1.807, 2.05) is 30.3 Å². The van der Waals surface area contributed by atoms with Gasteiger partial charge >= 0.3 is 18.2 Å². The zero-order chi connectivity index (χ0) is 18.2. The Morgan fingerprint density at radius 1 is 1.20 bits per heavy atom. The maximum atomic E-state index is 13.0. The molecule has 3 rings (SSSR count). The number of halogens is 3. The first kappa shape index (κ1) is 17.6. The molecular weight excluding hydrogens is 337 g/mol. The van der Waals surface area contributed by atoms with Crippen molar-refractivity contribution in [2.24, 2.45) is 11.8 Å². The molecule has 0 bridgehead atoms. The van der Waals surface area contributed by atoms with Crippen LogP contribution in [0.3, 0.4) is 0 Å². The van der Waals surface area contributed by atoms with Crippen molar-refractivity contribution in [3.8, 4) is 0 Å². The second kappa shape index (κ2) is 6.24. The smallest absolute Gasteiger partial charge is 0.394 e. The molecule has 1 saturated heterocycles. The van der Waals surface area contributed by atoms with Crippen molar-refractivity contribution in [3.05, 3.63) is 35.9 Å². The number of alkyl halides is 3. The maximum absolute atomic E-state index is 13.0. The van der Waals surface area contributed by atoms with Crippen LogP contribution < -0.4 is 5.32 Å². The fourth-order valence-electron chi connectivity index (χ4n) is 3.42. The van der Waals surface area contributed by atoms with E-state index in [0.29, 0.717) is 6.54 Å². The minimum absolute atomic E-state index is 0.160. The van der Waals surface area contributed by atoms with Crippen molar-refractivity contribution in [2.45, 2.75) is 24.4 Å². The topological polar surface area (TPSA) is 69.6 Å². The fraction of sp³-hybridized carbons (Fsp3) is 0.529. The molecule has 5 nitrogen and oxygen atoms in total. The number of benzene rings is 1. The van der Waals surface area contributed by atoms with Crippen molar-refractivity contribution in [1.29, 1.82) is 0 Å². The van der Waals surface area contributed by atoms with Crippen LogP contribution in [0.5, 0.6) is 0 Å². The first-order chi connectivity index (χ1) is 11.7. The van der Waals surface area contributed by atoms with E-state index in [1.54, 1.807) is 0 Å². The Bertz CT molecular complexity index is 659. The van der Waals surface area contributed by atoms with Crippen LogP contribution in [0.4, 0.5) is 18.0 Å². The molecule has 0 unspecified atom stereocenters. The lowest BCUT2D eigenvalue weighted by Crippen LogP contribution is -2.42. The Labute approximate surface area is 142 Å². The van der Waals surface area contributed by atoms with E-state index in [0.717, 1.165) is 23.3 Å². The van der Waals surface area contributed by atoms with E-state index in [4.69, 9.17) is 5.11 Å². The van der Waals surface area contributed by atoms with Crippen molar-refractivity contribution < 1.29 is 27.9 Å². The van der Waals surface area contributed by atoms with Crippen LogP contribution >= 0.6 is 0 Å². The predicted octanol–water partition coefficient (Wildman–Crippen LogP) is 2.62. The summed E-state index contributed by atoms with van der Waals surface area (Å²) in [6.07, 6.45) is -2.83. The fourth-order valence-corrected chi connectivity index (χ4v) is 3.42. The Morgan fingerprint density at radius 3 is 2.32 bits per heavy atom. The van der Waals surface area contributed by atoms with Gasteiger partial charge in [-0.25, -0.2) is 4.79 Å². The summed E-state index contributed by atoms with van der Waals surface area (Å²) < 4.78 is 39.0. The molecule has 0 radical (unpaired) electrons. The number of carbonyl (C=O) groups is 2. The minimum Gasteiger partial charge on any atom is -0.481 e. The summed E-state index contributed by atoms with van der Waals surface area (Å²) in [5.41, 5.74) is 0.931. The largest absolute Gasteiger partial charge is 0.481 e. The van der Waals surface area contributed by atoms with E-state index in [2.05, 4.69) is 5.32 Å². The van der Waals surface area contributed by atoms with Gasteiger partial charge in [0, 0.05) is 25.0 Å². The predicted molar refractivity (Wildman–Crippen MR) is 83.0 cm³/mol. The Hall–Kier alpha value is -2.25. The number of hydrogen-bond donors (Lipinski definition) is 2. The highest BCUT2D eigenvalue weighted by molar-refractivity contribution is 5.78. The first-order valence-electron chi connectivity index (χ1n) is 8.11. The Balaban J connectivity index is 1.62. The second-order valence-electron chi connectivity index (χ2n) is 6.80. The molecule has 2 aliphatic rings. The third-order valence-corrected chi connectivity index (χ3v) is 5.16. The van der Waals surface area contributed by atoms with E-state index in [-0.39, 0.29) is 5.41 Å². The van der Waals surface area contributed by atoms with Crippen molar-refractivity contribution in [1.82, 2.24) is 10.2 Å². The van der Waals surface area contributed by atoms with E-state index < -0.39 is 43.1 Å². The third-order valence-electron chi connectivity index (χ3n) is 5.16. The van der Waals surface area contributed by atoms with Crippen LogP contribution in [0, 0.1) is 11.8 Å². The molecule has 1 aliphatic heterocycles. The molecule has 1 aliphatic carbocycles. The molecule has 0 spiro atoms. The molecule has 136 valence electrons. The van der Waals surface area contributed by atoms with Crippen molar-refractivity contribution >= 4 is 12.0 Å². The van der Waals surface area contributed by atoms with Gasteiger partial charge < -0.3 is 15.3 Å². The van der Waals surface area contributed by atoms with E-state index >= 15 is 0 Å². The van der Waals surface area contributed by atoms with Gasteiger partial charge in [0.15, 0.2) is 0 Å². The number of carboxylic acids is 1. The highest BCUT2D eigenvalue weighted by Gasteiger charge is 2.54. The molecule has 1 saturated carbocycles. The molecule has 1 aromatic rings. The summed E-state index contributed by atoms with van der Waals surface area (Å²) in [6, 6.07) is 9.00. The summed E-state index contributed by atoms with van der Waals surface area (Å²) >= 11 is 0. The summed E-state index contributed by atoms with van der Waals surface area (Å²) in [5.74, 6) is -5.17. The van der Waals surface area contributed by atoms with Gasteiger partial charge in [0.2, 0.25) is 0 Å². The Morgan fingerprint density at radius 2 is 1.84 bits per heavy atom. The standard InChI is InChI=1S/C17H19F3N2O3/c18-17(19,20)13-9-22(8-12(13)14(23)24)15(25)21-10-16(6-7-16)11-4-2-1-3-5-11/h1-5,12-13H,6-10H2,(H,21,25)(H,23,24)/t12-,13-/m1/s1. The zero-order valence-electron chi connectivity index (χ0n) is 13.4. The molecule has 2 amide bonds. The molecule has 2 atom stereocenters. The molecule has 0 aromatic heterocycles. The van der Waals surface area contributed by atoms with Gasteiger partial charge in [0.05, 0.1) is 11.8 Å². The second-order valence-corrected chi connectivity index (χ2v) is 6.80. The molecular formula is C17H19F3N2O3. The molecule has 1 aromatic carbocycles. The van der Waals surface area contributed by atoms with Crippen LogP contribution in [0.25, 0.3) is 0 Å². The SMILES string of the molecule is O=C(O)[C@@H]1CN(C(=O)NCC2(c3ccccc3)CC2)C[C@H]1C(F)(F)F. The Kier molecular flexibility index (Phi) is 4.38. The molecule has 1 heterocycles. The van der Waals surface area contributed by atoms with E-state index in [9.17, 15) is 22.8 Å². The average Bonchev–Trinajstić information content (AvgIpc) is 3.20. The third kappa shape index (κ3) is 3.57. The lowest BCUT2D eigenvalue weighted by atomic mass is 9.96. The number of likely N-dealkylation sites (tertiary alicyclic amines) is 1. The van der Waals surface area contributed by atoms with Crippen molar-refractivity contribution in [3.63, 3.8) is 0 Å². The summed E-state index contributed by atoms with van der Waals surface area (Å²) in [6.45, 7) is -0.713. The van der Waals surface area contributed by atoms with E-state index in [1.165, 1.54) is 0 Å². The lowest BCUT2D eigenvalue weighted by Gasteiger charge is -2.21. The van der Waals surface area contributed by atoms with Gasteiger partial charge in [0.25, 0.3) is 0 Å². The lowest BCUT2D eigenvalue weighted by molar-refractivity contribution is -0.187. The number of urea groups is 1. The number of rotatable bonds is 4. The number of carboxylic acid groups (broad SMARTS) is 1. The number of aliphatic carboxylic acids is 1. The normalized spacial score (nSPS) is 24.8. The number of nitrogens with zero attached hydrogens (tertiary/aromatic N) is 1.